The zero-order chi connectivity index (χ0) is 54.3. The molecule has 0 bridgehead atoms. The number of H-pyrrole nitrogens is 1. The lowest BCUT2D eigenvalue weighted by molar-refractivity contribution is -0.144. The van der Waals surface area contributed by atoms with Gasteiger partial charge in [-0.05, 0) is 78.6 Å². The van der Waals surface area contributed by atoms with Crippen molar-refractivity contribution in [3.63, 3.8) is 0 Å². The van der Waals surface area contributed by atoms with Crippen LogP contribution in [0, 0.1) is 24.0 Å². The van der Waals surface area contributed by atoms with E-state index in [1.54, 1.807) is 28.5 Å². The fourth-order valence-corrected chi connectivity index (χ4v) is 12.8. The largest absolute Gasteiger partial charge is 0.369 e. The summed E-state index contributed by atoms with van der Waals surface area (Å²) < 4.78 is 73.3. The van der Waals surface area contributed by atoms with Crippen molar-refractivity contribution < 1.29 is 40.8 Å². The number of fused-ring (bicyclic) bond motifs is 1. The minimum absolute atomic E-state index is 0.00493. The zero-order valence-electron chi connectivity index (χ0n) is 43.3. The van der Waals surface area contributed by atoms with Gasteiger partial charge in [-0.1, -0.05) is 57.2 Å². The normalized spacial score (nSPS) is 19.4. The highest BCUT2D eigenvalue weighted by Crippen LogP contribution is 2.33. The molecule has 17 nitrogen and oxygen atoms in total. The van der Waals surface area contributed by atoms with Gasteiger partial charge in [0, 0.05) is 106 Å². The monoisotopic (exact) mass is 1090 g/mol. The number of hydrogen-bond donors (Lipinski definition) is 4. The summed E-state index contributed by atoms with van der Waals surface area (Å²) in [5.41, 5.74) is 5.38. The molecule has 7 heterocycles. The van der Waals surface area contributed by atoms with E-state index in [2.05, 4.69) is 40.3 Å². The Balaban J connectivity index is 0.693. The minimum atomic E-state index is -4.37. The zero-order valence-corrected chi connectivity index (χ0v) is 45.0. The predicted octanol–water partition coefficient (Wildman–Crippen LogP) is 6.52. The Labute approximate surface area is 449 Å². The number of halogens is 3. The lowest BCUT2D eigenvalue weighted by atomic mass is 9.85. The first-order valence-electron chi connectivity index (χ1n) is 25.9. The van der Waals surface area contributed by atoms with Gasteiger partial charge >= 0.3 is 10.2 Å². The Kier molecular flexibility index (Phi) is 15.3. The number of carbonyl (C=O) groups is 4. The van der Waals surface area contributed by atoms with Crippen LogP contribution in [0.1, 0.15) is 67.2 Å². The molecule has 77 heavy (non-hydrogen) atoms. The van der Waals surface area contributed by atoms with Crippen LogP contribution in [0.5, 0.6) is 0 Å². The van der Waals surface area contributed by atoms with Crippen molar-refractivity contribution in [3.05, 3.63) is 119 Å². The van der Waals surface area contributed by atoms with E-state index in [9.17, 15) is 32.0 Å². The molecule has 4 saturated heterocycles. The van der Waals surface area contributed by atoms with Crippen LogP contribution in [0.15, 0.2) is 84.6 Å². The maximum atomic E-state index is 15.8. The van der Waals surface area contributed by atoms with Gasteiger partial charge in [-0.15, -0.1) is 11.3 Å². The Hall–Kier alpha value is -6.72. The quantitative estimate of drug-likeness (QED) is 0.0772. The first-order valence-corrected chi connectivity index (χ1v) is 28.2. The highest BCUT2D eigenvalue weighted by atomic mass is 32.2. The van der Waals surface area contributed by atoms with Crippen LogP contribution in [0.3, 0.4) is 0 Å². The number of ketones is 1. The number of likely N-dealkylation sites (tertiary alicyclic amines) is 2. The second kappa shape index (κ2) is 22.0. The van der Waals surface area contributed by atoms with Gasteiger partial charge in [0.1, 0.15) is 29.7 Å². The van der Waals surface area contributed by atoms with E-state index in [4.69, 9.17) is 0 Å². The number of aryl methyl sites for hydroxylation is 1. The van der Waals surface area contributed by atoms with Crippen LogP contribution in [0.2, 0.25) is 0 Å². The summed E-state index contributed by atoms with van der Waals surface area (Å²) in [5, 5.41) is 6.40. The number of piperazine rings is 1. The van der Waals surface area contributed by atoms with Crippen LogP contribution >= 0.6 is 11.3 Å². The number of nitrogens with zero attached hydrogens (tertiary/aromatic N) is 7. The van der Waals surface area contributed by atoms with Gasteiger partial charge in [0.25, 0.3) is 0 Å². The van der Waals surface area contributed by atoms with E-state index in [1.807, 2.05) is 86.5 Å². The number of nitrogens with one attached hydrogen (secondary N) is 4. The molecule has 3 amide bonds. The Morgan fingerprint density at radius 3 is 2.27 bits per heavy atom. The highest BCUT2D eigenvalue weighted by molar-refractivity contribution is 7.90. The number of thiazole rings is 1. The molecule has 10 rings (SSSR count). The van der Waals surface area contributed by atoms with Gasteiger partial charge in [-0.25, -0.2) is 23.1 Å². The number of alkyl halides is 1. The van der Waals surface area contributed by atoms with Crippen molar-refractivity contribution in [1.29, 1.82) is 0 Å². The molecule has 6 aromatic rings. The number of amides is 3. The molecule has 4 fully saturated rings. The second-order valence-corrected chi connectivity index (χ2v) is 24.0. The maximum Gasteiger partial charge on any atom is 0.301 e. The smallest absolute Gasteiger partial charge is 0.301 e. The summed E-state index contributed by atoms with van der Waals surface area (Å²) in [6.45, 7) is 12.9. The van der Waals surface area contributed by atoms with Crippen molar-refractivity contribution in [2.24, 2.45) is 5.41 Å². The van der Waals surface area contributed by atoms with Gasteiger partial charge in [0.05, 0.1) is 33.9 Å². The number of aromatic nitrogens is 3. The molecule has 3 atom stereocenters. The number of aromatic amines is 1. The van der Waals surface area contributed by atoms with E-state index in [-0.39, 0.29) is 42.8 Å². The Bertz CT molecular complexity index is 3300. The highest BCUT2D eigenvalue weighted by Gasteiger charge is 2.43. The molecule has 0 unspecified atom stereocenters. The molecule has 4 aliphatic heterocycles. The molecule has 4 N–H and O–H groups in total. The molecular weight excluding hydrogens is 1030 g/mol. The summed E-state index contributed by atoms with van der Waals surface area (Å²) in [6.07, 6.45) is 2.83. The van der Waals surface area contributed by atoms with Crippen molar-refractivity contribution in [3.8, 4) is 21.6 Å². The van der Waals surface area contributed by atoms with Crippen LogP contribution in [0.4, 0.5) is 24.5 Å². The molecule has 0 saturated carbocycles. The third kappa shape index (κ3) is 11.5. The lowest BCUT2D eigenvalue weighted by Gasteiger charge is -2.48. The van der Waals surface area contributed by atoms with Crippen molar-refractivity contribution in [2.45, 2.75) is 77.8 Å². The Morgan fingerprint density at radius 1 is 0.870 bits per heavy atom. The van der Waals surface area contributed by atoms with E-state index in [0.717, 1.165) is 88.7 Å². The maximum absolute atomic E-state index is 15.8. The topological polar surface area (TPSA) is 196 Å². The van der Waals surface area contributed by atoms with E-state index < -0.39 is 69.1 Å². The lowest BCUT2D eigenvalue weighted by Crippen LogP contribution is -2.65. The van der Waals surface area contributed by atoms with Crippen LogP contribution in [-0.4, -0.2) is 156 Å². The van der Waals surface area contributed by atoms with Crippen LogP contribution in [0.25, 0.3) is 32.6 Å². The molecule has 0 radical (unpaired) electrons. The average Bonchev–Trinajstić information content (AvgIpc) is 4.25. The number of benzene rings is 3. The molecule has 4 aliphatic rings. The summed E-state index contributed by atoms with van der Waals surface area (Å²) in [5.74, 6) is -4.27. The number of pyridine rings is 1. The fraction of sp³-hybridized carbons (Fsp3) is 0.418. The third-order valence-corrected chi connectivity index (χ3v) is 17.6. The number of hydrogen-bond acceptors (Lipinski definition) is 12. The standard InChI is InChI=1S/C55H62F3N11O6S2/c1-33-50(76-32-62-33)36-9-7-34(8-10-36)25-61-53(72)45-6-5-18-69(45)54(73)51(55(2,3)4)63-46(70)31-65-29-40(30-65)67-22-20-66(21-23-67)39-13-11-35(12-14-39)37-24-41-42(27-60-52(41)59-26-37)49(71)47-43(57)15-16-44(48(47)58)64-77(74,75)68-19-17-38(56)28-68/h7-16,24,26-27,32,38,40,45,51,64H,5-6,17-23,25,28-31H2,1-4H3,(H,59,60)(H,61,72)(H,63,70)/t38-,45+,51-/m1/s1. The minimum Gasteiger partial charge on any atom is -0.369 e. The molecule has 3 aromatic carbocycles. The van der Waals surface area contributed by atoms with Gasteiger partial charge in [0.2, 0.25) is 23.5 Å². The number of anilines is 2. The van der Waals surface area contributed by atoms with Crippen LogP contribution < -0.4 is 20.3 Å². The van der Waals surface area contributed by atoms with Gasteiger partial charge in [-0.2, -0.15) is 12.7 Å². The molecule has 0 spiro atoms. The number of rotatable bonds is 16. The van der Waals surface area contributed by atoms with Crippen molar-refractivity contribution in [2.75, 3.05) is 75.1 Å². The van der Waals surface area contributed by atoms with Gasteiger partial charge in [-0.3, -0.25) is 33.7 Å². The SMILES string of the molecule is Cc1ncsc1-c1ccc(CNC(=O)[C@@H]2CCCN2C(=O)[C@@H](NC(=O)CN2CC(N3CCN(c4ccc(-c5cnc6[nH]cc(C(=O)c7c(F)ccc(NS(=O)(=O)N8CC[C@@H](F)C8)c7F)c6c5)cc4)CC3)C2)C(C)(C)C)cc1. The molecule has 0 aliphatic carbocycles. The van der Waals surface area contributed by atoms with E-state index in [0.29, 0.717) is 48.6 Å². The summed E-state index contributed by atoms with van der Waals surface area (Å²) in [7, 11) is -4.37. The van der Waals surface area contributed by atoms with Gasteiger partial charge in [0.15, 0.2) is 5.82 Å². The molecule has 3 aromatic heterocycles. The number of carbonyl (C=O) groups excluding carboxylic acids is 4. The molecular formula is C55H62F3N11O6S2. The first-order chi connectivity index (χ1) is 36.8. The van der Waals surface area contributed by atoms with Gasteiger partial charge < -0.3 is 25.4 Å². The third-order valence-electron chi connectivity index (χ3n) is 15.2. The molecule has 406 valence electrons. The van der Waals surface area contributed by atoms with Crippen LogP contribution in [-0.2, 0) is 31.1 Å². The van der Waals surface area contributed by atoms with Crippen molar-refractivity contribution >= 4 is 67.5 Å². The Morgan fingerprint density at radius 2 is 1.60 bits per heavy atom. The summed E-state index contributed by atoms with van der Waals surface area (Å²) >= 11 is 1.59. The summed E-state index contributed by atoms with van der Waals surface area (Å²) in [6, 6.07) is 18.2. The second-order valence-electron chi connectivity index (χ2n) is 21.4. The first kappa shape index (κ1) is 53.7. The molecule has 22 heteroatoms. The fourth-order valence-electron chi connectivity index (χ4n) is 10.7. The average molecular weight is 1090 g/mol. The van der Waals surface area contributed by atoms with Crippen molar-refractivity contribution in [1.82, 2.24) is 44.6 Å². The summed E-state index contributed by atoms with van der Waals surface area (Å²) in [4.78, 5) is 76.3. The van der Waals surface area contributed by atoms with E-state index in [1.165, 1.54) is 6.20 Å². The van der Waals surface area contributed by atoms with E-state index >= 15 is 8.78 Å². The predicted molar refractivity (Wildman–Crippen MR) is 289 cm³/mol.